The summed E-state index contributed by atoms with van der Waals surface area (Å²) in [5.74, 6) is 0. The van der Waals surface area contributed by atoms with Gasteiger partial charge < -0.3 is 5.21 Å². The molecule has 0 unspecified atom stereocenters. The normalized spacial score (nSPS) is 9.33. The van der Waals surface area contributed by atoms with Crippen LogP contribution in [0, 0.1) is 10.1 Å². The summed E-state index contributed by atoms with van der Waals surface area (Å²) in [5, 5.41) is 13.6. The summed E-state index contributed by atoms with van der Waals surface area (Å²) in [6, 6.07) is 0. The van der Waals surface area contributed by atoms with Gasteiger partial charge in [0.25, 0.3) is 5.09 Å². The largest absolute Gasteiger partial charge is 2.00 e. The summed E-state index contributed by atoms with van der Waals surface area (Å²) < 4.78 is 0. The Balaban J connectivity index is -0.000000392. The summed E-state index contributed by atoms with van der Waals surface area (Å²) >= 11 is 0. The first-order chi connectivity index (χ1) is 8.08. The molecule has 0 rings (SSSR count). The van der Waals surface area contributed by atoms with Crippen molar-refractivity contribution in [1.82, 2.24) is 0 Å². The minimum absolute atomic E-state index is 0. The van der Waals surface area contributed by atoms with E-state index in [1.165, 1.54) is 38.5 Å². The van der Waals surface area contributed by atoms with Gasteiger partial charge in [0.1, 0.15) is 0 Å². The average molecular weight is 325 g/mol. The van der Waals surface area contributed by atoms with Gasteiger partial charge in [0.15, 0.2) is 0 Å². The topological polar surface area (TPSA) is 63.4 Å². The molecule has 18 heavy (non-hydrogen) atoms. The molecule has 0 aliphatic rings. The molecule has 0 atom stereocenters. The number of hydrogen-bond donors (Lipinski definition) is 1. The van der Waals surface area contributed by atoms with Crippen LogP contribution in [0.15, 0.2) is 0 Å². The maximum atomic E-state index is 8.36. The van der Waals surface area contributed by atoms with Crippen LogP contribution in [0.2, 0.25) is 0 Å². The van der Waals surface area contributed by atoms with E-state index in [0.717, 1.165) is 0 Å². The molecule has 0 aliphatic carbocycles. The first-order valence-corrected chi connectivity index (χ1v) is 8.87. The average Bonchev–Trinajstić information content (AvgIpc) is 2.27. The minimum Gasteiger partial charge on any atom is -0.328 e. The van der Waals surface area contributed by atoms with Crippen molar-refractivity contribution in [1.29, 1.82) is 0 Å². The molecule has 0 fully saturated rings. The molecular formula is C12H29NNiO3P+3. The zero-order valence-corrected chi connectivity index (χ0v) is 13.9. The Morgan fingerprint density at radius 1 is 0.944 bits per heavy atom. The van der Waals surface area contributed by atoms with E-state index in [4.69, 9.17) is 15.3 Å². The molecule has 0 aliphatic heterocycles. The van der Waals surface area contributed by atoms with Crippen molar-refractivity contribution in [2.75, 3.05) is 18.5 Å². The zero-order valence-electron chi connectivity index (χ0n) is 11.9. The molecule has 0 aromatic carbocycles. The van der Waals surface area contributed by atoms with E-state index < -0.39 is 5.09 Å². The van der Waals surface area contributed by atoms with Crippen LogP contribution in [-0.4, -0.2) is 28.8 Å². The molecule has 0 aromatic heterocycles. The van der Waals surface area contributed by atoms with E-state index in [0.29, 0.717) is 0 Å². The van der Waals surface area contributed by atoms with E-state index in [1.54, 1.807) is 18.5 Å². The molecule has 0 saturated heterocycles. The predicted octanol–water partition coefficient (Wildman–Crippen LogP) is 4.25. The predicted molar refractivity (Wildman–Crippen MR) is 76.4 cm³/mol. The van der Waals surface area contributed by atoms with Crippen LogP contribution in [-0.2, 0) is 16.5 Å². The van der Waals surface area contributed by atoms with E-state index in [9.17, 15) is 0 Å². The molecule has 6 heteroatoms. The van der Waals surface area contributed by atoms with Crippen LogP contribution in [0.4, 0.5) is 0 Å². The van der Waals surface area contributed by atoms with Crippen LogP contribution < -0.4 is 0 Å². The Morgan fingerprint density at radius 2 is 1.17 bits per heavy atom. The van der Waals surface area contributed by atoms with Gasteiger partial charge in [-0.25, -0.2) is 0 Å². The fourth-order valence-corrected chi connectivity index (χ4v) is 4.97. The number of hydrogen-bond acceptors (Lipinski definition) is 2. The third kappa shape index (κ3) is 25.1. The van der Waals surface area contributed by atoms with Crippen molar-refractivity contribution in [3.63, 3.8) is 0 Å². The van der Waals surface area contributed by atoms with Crippen molar-refractivity contribution in [2.24, 2.45) is 0 Å². The molecule has 0 saturated carbocycles. The van der Waals surface area contributed by atoms with Crippen LogP contribution >= 0.6 is 7.92 Å². The molecule has 0 aromatic rings. The quantitative estimate of drug-likeness (QED) is 0.298. The van der Waals surface area contributed by atoms with Crippen molar-refractivity contribution in [2.45, 2.75) is 59.3 Å². The van der Waals surface area contributed by atoms with Crippen LogP contribution in [0.3, 0.4) is 0 Å². The Labute approximate surface area is 123 Å². The van der Waals surface area contributed by atoms with Crippen molar-refractivity contribution in [3.8, 4) is 0 Å². The van der Waals surface area contributed by atoms with Crippen LogP contribution in [0.25, 0.3) is 0 Å². The summed E-state index contributed by atoms with van der Waals surface area (Å²) in [6.45, 7) is 6.96. The van der Waals surface area contributed by atoms with Gasteiger partial charge in [0.2, 0.25) is 0 Å². The molecule has 4 nitrogen and oxygen atoms in total. The summed E-state index contributed by atoms with van der Waals surface area (Å²) in [5.41, 5.74) is 0. The molecular weight excluding hydrogens is 296 g/mol. The number of rotatable bonds is 9. The maximum Gasteiger partial charge on any atom is 2.00 e. The minimum atomic E-state index is -1.50. The van der Waals surface area contributed by atoms with Crippen molar-refractivity contribution in [3.05, 3.63) is 10.1 Å². The van der Waals surface area contributed by atoms with Gasteiger partial charge in [-0.2, -0.15) is 0 Å². The Kier molecular flexibility index (Phi) is 25.1. The smallest absolute Gasteiger partial charge is 0.328 e. The first-order valence-electron chi connectivity index (χ1n) is 6.75. The van der Waals surface area contributed by atoms with Gasteiger partial charge in [-0.3, -0.25) is 0 Å². The standard InChI is InChI=1S/C12H27P.HNO3.Ni/c1-4-7-10-13(11-8-5-2)12-9-6-3;2-1(3)4;/h4-12H2,1-3H3;(H,2,3,4);/q;;+2/p+1. The van der Waals surface area contributed by atoms with E-state index in [-0.39, 0.29) is 24.4 Å². The summed E-state index contributed by atoms with van der Waals surface area (Å²) in [6.07, 6.45) is 13.4. The fourth-order valence-electron chi connectivity index (χ4n) is 1.66. The molecule has 0 bridgehead atoms. The van der Waals surface area contributed by atoms with Gasteiger partial charge in [0, 0.05) is 7.92 Å². The maximum absolute atomic E-state index is 8.36. The van der Waals surface area contributed by atoms with Crippen molar-refractivity contribution < 1.29 is 26.8 Å². The Morgan fingerprint density at radius 3 is 1.33 bits per heavy atom. The summed E-state index contributed by atoms with van der Waals surface area (Å²) in [7, 11) is 0.0675. The SMILES string of the molecule is CCCC[PH+](CCCC)CCCC.O=[N+]([O-])O.[Ni+2]. The zero-order chi connectivity index (χ0) is 13.5. The molecule has 0 spiro atoms. The van der Waals surface area contributed by atoms with Gasteiger partial charge in [0.05, 0.1) is 18.5 Å². The van der Waals surface area contributed by atoms with E-state index in [2.05, 4.69) is 20.8 Å². The molecule has 0 radical (unpaired) electrons. The van der Waals surface area contributed by atoms with Gasteiger partial charge in [-0.15, -0.1) is 10.1 Å². The molecule has 0 amide bonds. The number of unbranched alkanes of at least 4 members (excludes halogenated alkanes) is 3. The fraction of sp³-hybridized carbons (Fsp3) is 1.00. The molecule has 0 heterocycles. The monoisotopic (exact) mass is 324 g/mol. The third-order valence-electron chi connectivity index (χ3n) is 2.65. The van der Waals surface area contributed by atoms with E-state index >= 15 is 0 Å². The van der Waals surface area contributed by atoms with E-state index in [1.807, 2.05) is 0 Å². The second-order valence-electron chi connectivity index (χ2n) is 4.30. The Hall–Kier alpha value is 0.124. The number of nitrogens with zero attached hydrogens (tertiary/aromatic N) is 1. The van der Waals surface area contributed by atoms with Gasteiger partial charge >= 0.3 is 16.5 Å². The van der Waals surface area contributed by atoms with Crippen LogP contribution in [0.5, 0.6) is 0 Å². The van der Waals surface area contributed by atoms with Crippen LogP contribution in [0.1, 0.15) is 59.3 Å². The third-order valence-corrected chi connectivity index (χ3v) is 5.83. The summed E-state index contributed by atoms with van der Waals surface area (Å²) in [4.78, 5) is 8.36. The first kappa shape index (κ1) is 23.2. The van der Waals surface area contributed by atoms with Crippen molar-refractivity contribution >= 4 is 7.92 Å². The second kappa shape index (κ2) is 19.5. The van der Waals surface area contributed by atoms with Gasteiger partial charge in [-0.05, 0) is 19.3 Å². The molecule has 1 N–H and O–H groups in total. The molecule has 112 valence electrons. The Bertz CT molecular complexity index is 150. The van der Waals surface area contributed by atoms with Gasteiger partial charge in [-0.1, -0.05) is 40.0 Å². The second-order valence-corrected chi connectivity index (χ2v) is 7.30.